The van der Waals surface area contributed by atoms with Gasteiger partial charge in [0.1, 0.15) is 11.5 Å². The molecule has 0 bridgehead atoms. The largest absolute Gasteiger partial charge is 0.507 e. The number of carbonyl (C=O) groups excluding carboxylic acids is 2. The second-order valence-electron chi connectivity index (χ2n) is 8.12. The van der Waals surface area contributed by atoms with Crippen LogP contribution in [-0.2, 0) is 9.59 Å². The number of aliphatic hydroxyl groups is 1. The first-order chi connectivity index (χ1) is 17.9. The second-order valence-corrected chi connectivity index (χ2v) is 9.13. The molecular weight excluding hydrogens is 494 g/mol. The lowest BCUT2D eigenvalue weighted by atomic mass is 9.95. The van der Waals surface area contributed by atoms with E-state index >= 15 is 0 Å². The molecular formula is C27H23N3O6S. The smallest absolute Gasteiger partial charge is 0.301 e. The highest BCUT2D eigenvalue weighted by atomic mass is 32.1. The summed E-state index contributed by atoms with van der Waals surface area (Å²) >= 11 is 1.23. The Morgan fingerprint density at radius 1 is 1.03 bits per heavy atom. The number of pyridine rings is 1. The number of rotatable bonds is 7. The van der Waals surface area contributed by atoms with Crippen LogP contribution in [0.15, 0.2) is 66.5 Å². The zero-order valence-corrected chi connectivity index (χ0v) is 20.9. The number of thiazole rings is 1. The Bertz CT molecular complexity index is 1530. The molecule has 0 saturated carbocycles. The number of nitrogens with zero attached hydrogens (tertiary/aromatic N) is 3. The number of phenols is 1. The number of ether oxygens (including phenoxy) is 2. The van der Waals surface area contributed by atoms with Crippen molar-refractivity contribution in [1.29, 1.82) is 0 Å². The fourth-order valence-electron chi connectivity index (χ4n) is 4.23. The first-order valence-electron chi connectivity index (χ1n) is 11.6. The van der Waals surface area contributed by atoms with Crippen molar-refractivity contribution < 1.29 is 29.3 Å². The van der Waals surface area contributed by atoms with Gasteiger partial charge in [-0.3, -0.25) is 19.5 Å². The first kappa shape index (κ1) is 24.3. The molecule has 1 atom stereocenters. The molecule has 3 heterocycles. The van der Waals surface area contributed by atoms with E-state index in [-0.39, 0.29) is 28.0 Å². The van der Waals surface area contributed by atoms with Crippen LogP contribution in [0.5, 0.6) is 17.2 Å². The number of fused-ring (bicyclic) bond motifs is 1. The third-order valence-electron chi connectivity index (χ3n) is 5.86. The highest BCUT2D eigenvalue weighted by Crippen LogP contribution is 2.46. The molecule has 1 fully saturated rings. The van der Waals surface area contributed by atoms with Gasteiger partial charge in [-0.25, -0.2) is 4.98 Å². The van der Waals surface area contributed by atoms with Crippen molar-refractivity contribution in [2.45, 2.75) is 19.9 Å². The Labute approximate surface area is 216 Å². The number of phenolic OH excluding ortho intramolecular Hbond substituents is 1. The summed E-state index contributed by atoms with van der Waals surface area (Å²) in [6.07, 6.45) is 2.97. The molecule has 1 saturated heterocycles. The zero-order valence-electron chi connectivity index (χ0n) is 20.0. The van der Waals surface area contributed by atoms with Crippen LogP contribution in [-0.4, -0.2) is 45.1 Å². The van der Waals surface area contributed by atoms with E-state index in [9.17, 15) is 19.8 Å². The minimum absolute atomic E-state index is 0.0832. The van der Waals surface area contributed by atoms with Gasteiger partial charge in [-0.2, -0.15) is 0 Å². The van der Waals surface area contributed by atoms with Gasteiger partial charge in [0.05, 0.1) is 35.0 Å². The number of hydrogen-bond acceptors (Lipinski definition) is 9. The van der Waals surface area contributed by atoms with Gasteiger partial charge in [-0.15, -0.1) is 0 Å². The monoisotopic (exact) mass is 517 g/mol. The molecule has 0 spiro atoms. The fourth-order valence-corrected chi connectivity index (χ4v) is 5.26. The minimum atomic E-state index is -1.01. The highest BCUT2D eigenvalue weighted by molar-refractivity contribution is 7.22. The van der Waals surface area contributed by atoms with Crippen molar-refractivity contribution in [3.63, 3.8) is 0 Å². The van der Waals surface area contributed by atoms with Crippen molar-refractivity contribution in [2.24, 2.45) is 0 Å². The van der Waals surface area contributed by atoms with Crippen molar-refractivity contribution in [3.8, 4) is 17.2 Å². The number of aromatic nitrogens is 2. The summed E-state index contributed by atoms with van der Waals surface area (Å²) < 4.78 is 11.9. The van der Waals surface area contributed by atoms with Crippen LogP contribution in [0.2, 0.25) is 0 Å². The molecule has 37 heavy (non-hydrogen) atoms. The molecule has 9 nitrogen and oxygen atoms in total. The maximum absolute atomic E-state index is 13.4. The Morgan fingerprint density at radius 3 is 2.51 bits per heavy atom. The number of ketones is 1. The first-order valence-corrected chi connectivity index (χ1v) is 12.4. The number of benzene rings is 2. The summed E-state index contributed by atoms with van der Waals surface area (Å²) in [5.74, 6) is -1.23. The number of hydrogen-bond donors (Lipinski definition) is 2. The average Bonchev–Trinajstić information content (AvgIpc) is 3.43. The van der Waals surface area contributed by atoms with E-state index in [4.69, 9.17) is 9.47 Å². The molecule has 2 aromatic carbocycles. The van der Waals surface area contributed by atoms with E-state index in [1.807, 2.05) is 13.0 Å². The number of amides is 1. The van der Waals surface area contributed by atoms with Gasteiger partial charge in [0.25, 0.3) is 5.78 Å². The predicted octanol–water partition coefficient (Wildman–Crippen LogP) is 4.82. The van der Waals surface area contributed by atoms with Crippen LogP contribution in [0, 0.1) is 0 Å². The lowest BCUT2D eigenvalue weighted by Crippen LogP contribution is -2.29. The molecule has 0 radical (unpaired) electrons. The van der Waals surface area contributed by atoms with E-state index in [2.05, 4.69) is 9.97 Å². The lowest BCUT2D eigenvalue weighted by molar-refractivity contribution is -0.132. The Morgan fingerprint density at radius 2 is 1.78 bits per heavy atom. The van der Waals surface area contributed by atoms with Crippen LogP contribution in [0.4, 0.5) is 5.13 Å². The summed E-state index contributed by atoms with van der Waals surface area (Å²) in [4.78, 5) is 36.7. The third-order valence-corrected chi connectivity index (χ3v) is 6.88. The molecule has 0 aliphatic carbocycles. The summed E-state index contributed by atoms with van der Waals surface area (Å²) in [5.41, 5.74) is 1.34. The van der Waals surface area contributed by atoms with Gasteiger partial charge in [0, 0.05) is 18.0 Å². The number of aromatic hydroxyl groups is 1. The fraction of sp³-hybridized carbons (Fsp3) is 0.185. The molecule has 2 aromatic heterocycles. The van der Waals surface area contributed by atoms with Gasteiger partial charge in [0.15, 0.2) is 16.6 Å². The summed E-state index contributed by atoms with van der Waals surface area (Å²) in [6, 6.07) is 12.1. The zero-order chi connectivity index (χ0) is 26.1. The van der Waals surface area contributed by atoms with Gasteiger partial charge in [-0.1, -0.05) is 17.4 Å². The summed E-state index contributed by atoms with van der Waals surface area (Å²) in [5, 5.41) is 21.7. The van der Waals surface area contributed by atoms with Gasteiger partial charge in [-0.05, 0) is 61.9 Å². The van der Waals surface area contributed by atoms with E-state index in [0.717, 1.165) is 4.70 Å². The second kappa shape index (κ2) is 9.90. The lowest BCUT2D eigenvalue weighted by Gasteiger charge is -2.23. The normalized spacial score (nSPS) is 16.9. The van der Waals surface area contributed by atoms with E-state index in [0.29, 0.717) is 35.6 Å². The molecule has 1 amide bonds. The molecule has 1 aliphatic heterocycles. The molecule has 1 aliphatic rings. The molecule has 10 heteroatoms. The Hall–Kier alpha value is -4.44. The number of aliphatic hydroxyl groups excluding tert-OH is 1. The SMILES string of the molecule is CCOc1ccc2nc(N3C(=O)C(=O)C(=C(O)c4ccncc4)C3c3ccc(O)c(OCC)c3)sc2c1. The van der Waals surface area contributed by atoms with Crippen LogP contribution >= 0.6 is 11.3 Å². The van der Waals surface area contributed by atoms with Crippen molar-refractivity contribution in [2.75, 3.05) is 18.1 Å². The van der Waals surface area contributed by atoms with Crippen molar-refractivity contribution in [3.05, 3.63) is 77.6 Å². The van der Waals surface area contributed by atoms with Crippen LogP contribution in [0.3, 0.4) is 0 Å². The topological polar surface area (TPSA) is 122 Å². The molecule has 1 unspecified atom stereocenters. The van der Waals surface area contributed by atoms with Crippen LogP contribution in [0.25, 0.3) is 16.0 Å². The third kappa shape index (κ3) is 4.36. The van der Waals surface area contributed by atoms with Crippen LogP contribution < -0.4 is 14.4 Å². The molecule has 188 valence electrons. The number of carbonyl (C=O) groups is 2. The Balaban J connectivity index is 1.71. The van der Waals surface area contributed by atoms with E-state index in [1.165, 1.54) is 34.7 Å². The molecule has 4 aromatic rings. The maximum atomic E-state index is 13.4. The predicted molar refractivity (Wildman–Crippen MR) is 139 cm³/mol. The molecule has 5 rings (SSSR count). The molecule has 2 N–H and O–H groups in total. The van der Waals surface area contributed by atoms with Crippen molar-refractivity contribution >= 4 is 44.1 Å². The van der Waals surface area contributed by atoms with Gasteiger partial charge in [0.2, 0.25) is 0 Å². The number of anilines is 1. The standard InChI is InChI=1S/C27H23N3O6S/c1-3-35-17-6-7-18-21(14-17)37-27(29-18)30-23(16-5-8-19(31)20(13-16)36-4-2)22(25(33)26(30)34)24(32)15-9-11-28-12-10-15/h5-14,23,31-32H,3-4H2,1-2H3. The summed E-state index contributed by atoms with van der Waals surface area (Å²) in [7, 11) is 0. The minimum Gasteiger partial charge on any atom is -0.507 e. The average molecular weight is 518 g/mol. The summed E-state index contributed by atoms with van der Waals surface area (Å²) in [6.45, 7) is 4.47. The van der Waals surface area contributed by atoms with E-state index in [1.54, 1.807) is 43.3 Å². The quantitative estimate of drug-likeness (QED) is 0.203. The van der Waals surface area contributed by atoms with Crippen LogP contribution in [0.1, 0.15) is 31.0 Å². The van der Waals surface area contributed by atoms with Crippen molar-refractivity contribution in [1.82, 2.24) is 9.97 Å². The van der Waals surface area contributed by atoms with Gasteiger partial charge < -0.3 is 19.7 Å². The van der Waals surface area contributed by atoms with E-state index < -0.39 is 17.7 Å². The Kier molecular flexibility index (Phi) is 6.49. The highest BCUT2D eigenvalue weighted by Gasteiger charge is 2.48. The number of Topliss-reactive ketones (excluding diaryl/α,β-unsaturated/α-hetero) is 1. The maximum Gasteiger partial charge on any atom is 0.301 e. The van der Waals surface area contributed by atoms with Gasteiger partial charge >= 0.3 is 5.91 Å².